The van der Waals surface area contributed by atoms with Crippen LogP contribution in [0.25, 0.3) is 16.9 Å². The second-order valence-electron chi connectivity index (χ2n) is 4.82. The molecule has 2 N–H and O–H groups in total. The molecule has 7 heteroatoms. The molecule has 3 aromatic heterocycles. The van der Waals surface area contributed by atoms with Crippen molar-refractivity contribution in [3.05, 3.63) is 60.5 Å². The van der Waals surface area contributed by atoms with Gasteiger partial charge in [-0.05, 0) is 5.56 Å². The molecule has 0 aliphatic carbocycles. The van der Waals surface area contributed by atoms with Crippen molar-refractivity contribution in [3.8, 4) is 5.82 Å². The Labute approximate surface area is 125 Å². The summed E-state index contributed by atoms with van der Waals surface area (Å²) in [6, 6.07) is 11.7. The van der Waals surface area contributed by atoms with Crippen LogP contribution in [-0.2, 0) is 6.42 Å². The number of nitrogens with zero attached hydrogens (tertiary/aromatic N) is 5. The van der Waals surface area contributed by atoms with E-state index in [0.29, 0.717) is 35.0 Å². The molecule has 0 radical (unpaired) electrons. The molecule has 108 valence electrons. The van der Waals surface area contributed by atoms with Gasteiger partial charge in [-0.15, -0.1) is 0 Å². The van der Waals surface area contributed by atoms with Crippen molar-refractivity contribution in [1.29, 1.82) is 0 Å². The molecular weight excluding hydrogens is 280 g/mol. The molecule has 0 bridgehead atoms. The molecule has 1 aromatic carbocycles. The minimum Gasteiger partial charge on any atom is -0.440 e. The fraction of sp³-hybridized carbons (Fsp3) is 0.0667. The van der Waals surface area contributed by atoms with Crippen LogP contribution in [0.3, 0.4) is 0 Å². The average Bonchev–Trinajstić information content (AvgIpc) is 3.17. The zero-order valence-electron chi connectivity index (χ0n) is 11.5. The number of fused-ring (bicyclic) bond motifs is 1. The van der Waals surface area contributed by atoms with Crippen LogP contribution in [0.5, 0.6) is 0 Å². The number of hydrogen-bond acceptors (Lipinski definition) is 6. The maximum atomic E-state index is 5.97. The Bertz CT molecular complexity index is 914. The lowest BCUT2D eigenvalue weighted by atomic mass is 10.1. The van der Waals surface area contributed by atoms with E-state index in [1.165, 1.54) is 11.0 Å². The molecule has 0 fully saturated rings. The van der Waals surface area contributed by atoms with E-state index >= 15 is 0 Å². The largest absolute Gasteiger partial charge is 0.440 e. The number of aromatic nitrogens is 5. The van der Waals surface area contributed by atoms with Gasteiger partial charge in [0.05, 0.1) is 0 Å². The number of anilines is 1. The van der Waals surface area contributed by atoms with Gasteiger partial charge in [-0.1, -0.05) is 30.3 Å². The third-order valence-corrected chi connectivity index (χ3v) is 3.29. The van der Waals surface area contributed by atoms with Gasteiger partial charge < -0.3 is 10.2 Å². The van der Waals surface area contributed by atoms with Crippen LogP contribution in [-0.4, -0.2) is 24.7 Å². The van der Waals surface area contributed by atoms with Crippen molar-refractivity contribution in [2.24, 2.45) is 0 Å². The van der Waals surface area contributed by atoms with Gasteiger partial charge in [-0.3, -0.25) is 0 Å². The highest BCUT2D eigenvalue weighted by Crippen LogP contribution is 2.23. The van der Waals surface area contributed by atoms with Gasteiger partial charge >= 0.3 is 0 Å². The van der Waals surface area contributed by atoms with Crippen LogP contribution < -0.4 is 5.73 Å². The van der Waals surface area contributed by atoms with E-state index in [4.69, 9.17) is 10.2 Å². The third-order valence-electron chi connectivity index (χ3n) is 3.29. The Kier molecular flexibility index (Phi) is 2.82. The first-order chi connectivity index (χ1) is 10.8. The molecule has 0 saturated heterocycles. The second kappa shape index (κ2) is 4.96. The number of hydrogen-bond donors (Lipinski definition) is 1. The second-order valence-corrected chi connectivity index (χ2v) is 4.82. The molecule has 0 atom stereocenters. The molecule has 3 heterocycles. The molecule has 22 heavy (non-hydrogen) atoms. The van der Waals surface area contributed by atoms with Gasteiger partial charge in [0.1, 0.15) is 12.7 Å². The highest BCUT2D eigenvalue weighted by molar-refractivity contribution is 5.84. The van der Waals surface area contributed by atoms with E-state index in [0.717, 1.165) is 5.56 Å². The topological polar surface area (TPSA) is 95.7 Å². The predicted octanol–water partition coefficient (Wildman–Crippen LogP) is 1.98. The smallest absolute Gasteiger partial charge is 0.200 e. The minimum absolute atomic E-state index is 0.311. The van der Waals surface area contributed by atoms with Crippen LogP contribution in [0.2, 0.25) is 0 Å². The van der Waals surface area contributed by atoms with Crippen molar-refractivity contribution in [3.63, 3.8) is 0 Å². The molecule has 0 spiro atoms. The summed E-state index contributed by atoms with van der Waals surface area (Å²) in [4.78, 5) is 12.6. The summed E-state index contributed by atoms with van der Waals surface area (Å²) in [5, 5.41) is 4.03. The summed E-state index contributed by atoms with van der Waals surface area (Å²) in [5.74, 6) is 1.46. The maximum absolute atomic E-state index is 5.97. The summed E-state index contributed by atoms with van der Waals surface area (Å²) in [6.07, 6.45) is 3.59. The fourth-order valence-corrected chi connectivity index (χ4v) is 2.28. The van der Waals surface area contributed by atoms with E-state index in [2.05, 4.69) is 20.1 Å². The Hall–Kier alpha value is -3.22. The quantitative estimate of drug-likeness (QED) is 0.620. The molecule has 0 aliphatic rings. The molecule has 0 saturated carbocycles. The fourth-order valence-electron chi connectivity index (χ4n) is 2.28. The summed E-state index contributed by atoms with van der Waals surface area (Å²) < 4.78 is 7.32. The highest BCUT2D eigenvalue weighted by atomic mass is 16.3. The van der Waals surface area contributed by atoms with Crippen LogP contribution in [0.4, 0.5) is 5.82 Å². The molecule has 7 nitrogen and oxygen atoms in total. The summed E-state index contributed by atoms with van der Waals surface area (Å²) in [6.45, 7) is 0. The maximum Gasteiger partial charge on any atom is 0.200 e. The van der Waals surface area contributed by atoms with Crippen molar-refractivity contribution in [2.45, 2.75) is 6.42 Å². The summed E-state index contributed by atoms with van der Waals surface area (Å²) >= 11 is 0. The number of nitrogens with two attached hydrogens (primary N) is 1. The standard InChI is InChI=1S/C15H12N6O/c16-15-14-11(7-12(19-15)21-9-17-8-18-21)22-13(20-14)6-10-4-2-1-3-5-10/h1-5,7-9H,6H2,(H2,16,19). The zero-order valence-corrected chi connectivity index (χ0v) is 11.5. The highest BCUT2D eigenvalue weighted by Gasteiger charge is 2.13. The minimum atomic E-state index is 0.311. The Morgan fingerprint density at radius 1 is 1.14 bits per heavy atom. The van der Waals surface area contributed by atoms with Crippen LogP contribution in [0, 0.1) is 0 Å². The van der Waals surface area contributed by atoms with Gasteiger partial charge in [0.15, 0.2) is 28.6 Å². The lowest BCUT2D eigenvalue weighted by Gasteiger charge is -2.00. The van der Waals surface area contributed by atoms with Crippen molar-refractivity contribution in [2.75, 3.05) is 5.73 Å². The first-order valence-electron chi connectivity index (χ1n) is 6.74. The van der Waals surface area contributed by atoms with Crippen LogP contribution >= 0.6 is 0 Å². The van der Waals surface area contributed by atoms with E-state index < -0.39 is 0 Å². The molecular formula is C15H12N6O. The monoisotopic (exact) mass is 292 g/mol. The molecule has 0 amide bonds. The predicted molar refractivity (Wildman–Crippen MR) is 80.4 cm³/mol. The first-order valence-corrected chi connectivity index (χ1v) is 6.74. The number of pyridine rings is 1. The van der Waals surface area contributed by atoms with Gasteiger partial charge in [0.2, 0.25) is 0 Å². The van der Waals surface area contributed by atoms with Gasteiger partial charge in [-0.25, -0.2) is 19.6 Å². The Balaban J connectivity index is 1.76. The summed E-state index contributed by atoms with van der Waals surface area (Å²) in [7, 11) is 0. The Morgan fingerprint density at radius 2 is 2.00 bits per heavy atom. The van der Waals surface area contributed by atoms with Crippen molar-refractivity contribution < 1.29 is 4.42 Å². The van der Waals surface area contributed by atoms with Crippen LogP contribution in [0.15, 0.2) is 53.5 Å². The van der Waals surface area contributed by atoms with Gasteiger partial charge in [-0.2, -0.15) is 5.10 Å². The van der Waals surface area contributed by atoms with Crippen molar-refractivity contribution in [1.82, 2.24) is 24.7 Å². The molecule has 0 aliphatic heterocycles. The normalized spacial score (nSPS) is 11.1. The lowest BCUT2D eigenvalue weighted by Crippen LogP contribution is -2.01. The van der Waals surface area contributed by atoms with E-state index in [-0.39, 0.29) is 0 Å². The van der Waals surface area contributed by atoms with Gasteiger partial charge in [0, 0.05) is 12.5 Å². The first kappa shape index (κ1) is 12.5. The average molecular weight is 292 g/mol. The summed E-state index contributed by atoms with van der Waals surface area (Å²) in [5.41, 5.74) is 8.25. The zero-order chi connectivity index (χ0) is 14.9. The third kappa shape index (κ3) is 2.18. The Morgan fingerprint density at radius 3 is 2.77 bits per heavy atom. The molecule has 4 rings (SSSR count). The molecule has 4 aromatic rings. The number of rotatable bonds is 3. The van der Waals surface area contributed by atoms with Crippen LogP contribution in [0.1, 0.15) is 11.5 Å². The number of nitrogen functional groups attached to an aromatic ring is 1. The van der Waals surface area contributed by atoms with E-state index in [1.54, 1.807) is 12.4 Å². The van der Waals surface area contributed by atoms with Gasteiger partial charge in [0.25, 0.3) is 0 Å². The lowest BCUT2D eigenvalue weighted by molar-refractivity contribution is 0.543. The number of benzene rings is 1. The number of oxazole rings is 1. The SMILES string of the molecule is Nc1nc(-n2cncn2)cc2oc(Cc3ccccc3)nc12. The van der Waals surface area contributed by atoms with Crippen molar-refractivity contribution >= 4 is 16.9 Å². The van der Waals surface area contributed by atoms with E-state index in [1.807, 2.05) is 30.3 Å². The van der Waals surface area contributed by atoms with E-state index in [9.17, 15) is 0 Å². The molecule has 0 unspecified atom stereocenters.